The van der Waals surface area contributed by atoms with E-state index in [0.717, 1.165) is 0 Å². The Kier molecular flexibility index (Phi) is 3.12. The van der Waals surface area contributed by atoms with E-state index in [-0.39, 0.29) is 14.7 Å². The summed E-state index contributed by atoms with van der Waals surface area (Å²) in [6.45, 7) is 0. The fraction of sp³-hybridized carbons (Fsp3) is 1.00. The summed E-state index contributed by atoms with van der Waals surface area (Å²) in [5, 5.41) is 0. The molecule has 0 amide bonds. The molecular formula is C8H17As. The van der Waals surface area contributed by atoms with Gasteiger partial charge in [0.2, 0.25) is 0 Å². The van der Waals surface area contributed by atoms with Crippen LogP contribution in [-0.2, 0) is 0 Å². The Morgan fingerprint density at radius 3 is 1.89 bits per heavy atom. The quantitative estimate of drug-likeness (QED) is 0.555. The Hall–Kier alpha value is 0.558. The summed E-state index contributed by atoms with van der Waals surface area (Å²) in [5.41, 5.74) is 5.01. The van der Waals surface area contributed by atoms with Gasteiger partial charge in [-0.15, -0.1) is 0 Å². The second kappa shape index (κ2) is 3.66. The molecule has 9 heavy (non-hydrogen) atoms. The summed E-state index contributed by atoms with van der Waals surface area (Å²) >= 11 is -0.311. The maximum atomic E-state index is 2.50. The topological polar surface area (TPSA) is 0 Å². The fourth-order valence-corrected chi connectivity index (χ4v) is 4.53. The van der Waals surface area contributed by atoms with Gasteiger partial charge in [-0.1, -0.05) is 0 Å². The van der Waals surface area contributed by atoms with Crippen molar-refractivity contribution in [1.82, 2.24) is 0 Å². The van der Waals surface area contributed by atoms with Gasteiger partial charge in [0.1, 0.15) is 0 Å². The van der Waals surface area contributed by atoms with Gasteiger partial charge >= 0.3 is 62.9 Å². The Morgan fingerprint density at radius 2 is 1.56 bits per heavy atom. The summed E-state index contributed by atoms with van der Waals surface area (Å²) < 4.78 is 1.20. The van der Waals surface area contributed by atoms with Crippen molar-refractivity contribution in [3.63, 3.8) is 0 Å². The van der Waals surface area contributed by atoms with Crippen molar-refractivity contribution < 1.29 is 0 Å². The van der Waals surface area contributed by atoms with Crippen LogP contribution in [0.25, 0.3) is 0 Å². The predicted octanol–water partition coefficient (Wildman–Crippen LogP) is 3.08. The molecule has 0 spiro atoms. The van der Waals surface area contributed by atoms with Gasteiger partial charge in [-0.25, -0.2) is 0 Å². The Labute approximate surface area is 63.3 Å². The van der Waals surface area contributed by atoms with Crippen molar-refractivity contribution >= 4 is 14.7 Å². The van der Waals surface area contributed by atoms with Crippen LogP contribution >= 0.6 is 0 Å². The summed E-state index contributed by atoms with van der Waals surface area (Å²) in [5.74, 6) is 0. The van der Waals surface area contributed by atoms with Crippen LogP contribution in [0.5, 0.6) is 0 Å². The van der Waals surface area contributed by atoms with E-state index in [0.29, 0.717) is 0 Å². The van der Waals surface area contributed by atoms with Gasteiger partial charge in [-0.3, -0.25) is 0 Å². The van der Waals surface area contributed by atoms with Gasteiger partial charge < -0.3 is 0 Å². The van der Waals surface area contributed by atoms with Crippen LogP contribution in [0.4, 0.5) is 0 Å². The molecule has 1 rings (SSSR count). The van der Waals surface area contributed by atoms with E-state index in [1.54, 1.807) is 12.8 Å². The molecular weight excluding hydrogens is 171 g/mol. The summed E-state index contributed by atoms with van der Waals surface area (Å²) in [6.07, 6.45) is 7.69. The molecule has 1 heteroatoms. The molecule has 0 unspecified atom stereocenters. The molecule has 1 aliphatic carbocycles. The van der Waals surface area contributed by atoms with Crippen LogP contribution in [-0.4, -0.2) is 14.7 Å². The molecule has 0 aromatic heterocycles. The molecule has 0 nitrogen and oxygen atoms in total. The van der Waals surface area contributed by atoms with Crippen LogP contribution in [0.1, 0.15) is 32.1 Å². The van der Waals surface area contributed by atoms with Crippen molar-refractivity contribution in [2.24, 2.45) is 0 Å². The molecule has 0 aliphatic heterocycles. The van der Waals surface area contributed by atoms with E-state index in [1.165, 1.54) is 24.0 Å². The Morgan fingerprint density at radius 1 is 1.00 bits per heavy atom. The fourth-order valence-electron chi connectivity index (χ4n) is 1.60. The zero-order valence-electron chi connectivity index (χ0n) is 6.56. The van der Waals surface area contributed by atoms with Gasteiger partial charge in [0.25, 0.3) is 0 Å². The summed E-state index contributed by atoms with van der Waals surface area (Å²) in [7, 11) is 0. The Bertz CT molecular complexity index is 72.6. The minimum atomic E-state index is -0.311. The molecule has 1 fully saturated rings. The van der Waals surface area contributed by atoms with E-state index in [4.69, 9.17) is 0 Å². The van der Waals surface area contributed by atoms with E-state index in [1.807, 2.05) is 0 Å². The van der Waals surface area contributed by atoms with Gasteiger partial charge in [0.15, 0.2) is 0 Å². The molecule has 0 bridgehead atoms. The summed E-state index contributed by atoms with van der Waals surface area (Å²) in [4.78, 5) is 0. The Balaban J connectivity index is 2.23. The average molecular weight is 188 g/mol. The normalized spacial score (nSPS) is 23.0. The van der Waals surface area contributed by atoms with Gasteiger partial charge in [0, 0.05) is 0 Å². The molecule has 0 atom stereocenters. The average Bonchev–Trinajstić information content (AvgIpc) is 1.90. The van der Waals surface area contributed by atoms with Gasteiger partial charge in [-0.2, -0.15) is 0 Å². The molecule has 54 valence electrons. The minimum absolute atomic E-state index is 0.311. The first-order valence-corrected chi connectivity index (χ1v) is 8.81. The van der Waals surface area contributed by atoms with Crippen LogP contribution in [0.15, 0.2) is 0 Å². The first kappa shape index (κ1) is 7.66. The monoisotopic (exact) mass is 188 g/mol. The zero-order valence-corrected chi connectivity index (χ0v) is 8.44. The molecule has 0 aromatic rings. The maximum absolute atomic E-state index is 2.50. The van der Waals surface area contributed by atoms with Crippen LogP contribution in [0.2, 0.25) is 16.1 Å². The van der Waals surface area contributed by atoms with E-state index < -0.39 is 0 Å². The third kappa shape index (κ3) is 2.33. The molecule has 1 aliphatic rings. The van der Waals surface area contributed by atoms with Crippen molar-refractivity contribution in [2.75, 3.05) is 0 Å². The third-order valence-corrected chi connectivity index (χ3v) is 6.45. The number of hydrogen-bond donors (Lipinski definition) is 0. The van der Waals surface area contributed by atoms with Gasteiger partial charge in [0.05, 0.1) is 0 Å². The first-order valence-electron chi connectivity index (χ1n) is 3.97. The molecule has 0 radical (unpaired) electrons. The second-order valence-corrected chi connectivity index (χ2v) is 8.83. The second-order valence-electron chi connectivity index (χ2n) is 3.26. The first-order chi connectivity index (χ1) is 4.30. The van der Waals surface area contributed by atoms with Crippen LogP contribution in [0, 0.1) is 0 Å². The number of hydrogen-bond acceptors (Lipinski definition) is 0. The van der Waals surface area contributed by atoms with Crippen LogP contribution in [0.3, 0.4) is 0 Å². The van der Waals surface area contributed by atoms with Crippen LogP contribution < -0.4 is 0 Å². The molecule has 0 aromatic carbocycles. The van der Waals surface area contributed by atoms with Crippen molar-refractivity contribution in [3.8, 4) is 0 Å². The number of rotatable bonds is 1. The molecule has 1 saturated carbocycles. The third-order valence-electron chi connectivity index (χ3n) is 2.30. The van der Waals surface area contributed by atoms with Crippen molar-refractivity contribution in [1.29, 1.82) is 0 Å². The molecule has 0 heterocycles. The van der Waals surface area contributed by atoms with E-state index in [2.05, 4.69) is 11.4 Å². The predicted molar refractivity (Wildman–Crippen MR) is 44.3 cm³/mol. The SMILES string of the molecule is C[As](C)C1CCCCC1. The zero-order chi connectivity index (χ0) is 6.69. The molecule has 0 N–H and O–H groups in total. The van der Waals surface area contributed by atoms with E-state index >= 15 is 0 Å². The van der Waals surface area contributed by atoms with E-state index in [9.17, 15) is 0 Å². The van der Waals surface area contributed by atoms with Gasteiger partial charge in [-0.05, 0) is 0 Å². The summed E-state index contributed by atoms with van der Waals surface area (Å²) in [6, 6.07) is 0. The van der Waals surface area contributed by atoms with Crippen molar-refractivity contribution in [3.05, 3.63) is 0 Å². The standard InChI is InChI=1S/C8H17As/c1-9(2)8-6-4-3-5-7-8/h8H,3-7H2,1-2H3. The van der Waals surface area contributed by atoms with Crippen molar-refractivity contribution in [2.45, 2.75) is 48.2 Å². The molecule has 0 saturated heterocycles.